The van der Waals surface area contributed by atoms with Gasteiger partial charge in [-0.05, 0) is 48.5 Å². The number of nitriles is 1. The third kappa shape index (κ3) is 4.40. The van der Waals surface area contributed by atoms with E-state index >= 15 is 0 Å². The molecule has 0 bridgehead atoms. The van der Waals surface area contributed by atoms with Crippen LogP contribution in [0.25, 0.3) is 0 Å². The molecule has 8 heteroatoms. The molecule has 0 spiro atoms. The smallest absolute Gasteiger partial charge is 0.248 e. The van der Waals surface area contributed by atoms with Gasteiger partial charge in [0.25, 0.3) is 0 Å². The van der Waals surface area contributed by atoms with E-state index in [9.17, 15) is 14.9 Å². The minimum atomic E-state index is -0.556. The lowest BCUT2D eigenvalue weighted by atomic mass is 9.97. The molecule has 0 saturated carbocycles. The zero-order valence-corrected chi connectivity index (χ0v) is 18.2. The van der Waals surface area contributed by atoms with Crippen LogP contribution in [0.2, 0.25) is 10.0 Å². The number of amides is 2. The summed E-state index contributed by atoms with van der Waals surface area (Å²) in [5, 5.41) is 10.3. The van der Waals surface area contributed by atoms with Gasteiger partial charge in [-0.2, -0.15) is 5.26 Å². The van der Waals surface area contributed by atoms with Gasteiger partial charge >= 0.3 is 0 Å². The first-order valence-electron chi connectivity index (χ1n) is 9.73. The normalized spacial score (nSPS) is 15.5. The Balaban J connectivity index is 1.65. The van der Waals surface area contributed by atoms with Gasteiger partial charge < -0.3 is 15.4 Å². The number of hydrogen-bond acceptors (Lipinski definition) is 4. The highest BCUT2D eigenvalue weighted by atomic mass is 35.5. The van der Waals surface area contributed by atoms with E-state index < -0.39 is 5.91 Å². The van der Waals surface area contributed by atoms with Crippen LogP contribution in [0.15, 0.2) is 60.7 Å². The number of nitrogens with two attached hydrogens (primary N) is 1. The number of halogens is 2. The number of carbonyl (C=O) groups is 2. The number of primary amides is 1. The molecule has 1 aliphatic rings. The van der Waals surface area contributed by atoms with Crippen molar-refractivity contribution in [1.29, 1.82) is 5.26 Å². The molecule has 1 unspecified atom stereocenters. The van der Waals surface area contributed by atoms with Crippen LogP contribution in [0.5, 0.6) is 11.5 Å². The van der Waals surface area contributed by atoms with Crippen LogP contribution < -0.4 is 15.4 Å². The molecule has 2 N–H and O–H groups in total. The molecule has 4 rings (SSSR count). The summed E-state index contributed by atoms with van der Waals surface area (Å²) in [7, 11) is 0. The molecule has 0 aromatic heterocycles. The highest BCUT2D eigenvalue weighted by molar-refractivity contribution is 6.31. The lowest BCUT2D eigenvalue weighted by molar-refractivity contribution is -0.117. The Morgan fingerprint density at radius 3 is 2.56 bits per heavy atom. The number of carbonyl (C=O) groups excluding carboxylic acids is 2. The molecule has 1 aliphatic heterocycles. The molecule has 32 heavy (non-hydrogen) atoms. The first-order chi connectivity index (χ1) is 15.4. The number of benzene rings is 3. The van der Waals surface area contributed by atoms with Crippen LogP contribution in [-0.4, -0.2) is 18.4 Å². The van der Waals surface area contributed by atoms with Crippen molar-refractivity contribution in [3.8, 4) is 17.6 Å². The van der Waals surface area contributed by atoms with E-state index in [1.807, 2.05) is 6.07 Å². The zero-order valence-electron chi connectivity index (χ0n) is 16.7. The Morgan fingerprint density at radius 2 is 1.81 bits per heavy atom. The highest BCUT2D eigenvalue weighted by Gasteiger charge is 2.33. The van der Waals surface area contributed by atoms with E-state index in [1.165, 1.54) is 6.07 Å². The Bertz CT molecular complexity index is 1270. The summed E-state index contributed by atoms with van der Waals surface area (Å²) in [6, 6.07) is 18.7. The molecule has 1 fully saturated rings. The molecule has 6 nitrogen and oxygen atoms in total. The lowest BCUT2D eigenvalue weighted by Gasteiger charge is -2.19. The maximum Gasteiger partial charge on any atom is 0.248 e. The first-order valence-corrected chi connectivity index (χ1v) is 10.5. The second-order valence-electron chi connectivity index (χ2n) is 7.36. The van der Waals surface area contributed by atoms with Gasteiger partial charge in [-0.15, -0.1) is 0 Å². The Hall–Kier alpha value is -3.53. The van der Waals surface area contributed by atoms with Crippen LogP contribution in [0.1, 0.15) is 33.8 Å². The lowest BCUT2D eigenvalue weighted by Crippen LogP contribution is -2.24. The number of anilines is 1. The van der Waals surface area contributed by atoms with Crippen LogP contribution in [0.4, 0.5) is 5.69 Å². The molecule has 3 aromatic carbocycles. The van der Waals surface area contributed by atoms with Gasteiger partial charge in [0.1, 0.15) is 17.6 Å². The summed E-state index contributed by atoms with van der Waals surface area (Å²) in [5.41, 5.74) is 7.39. The second-order valence-corrected chi connectivity index (χ2v) is 8.23. The average molecular weight is 466 g/mol. The van der Waals surface area contributed by atoms with Gasteiger partial charge in [0.2, 0.25) is 11.8 Å². The molecule has 1 atom stereocenters. The third-order valence-corrected chi connectivity index (χ3v) is 5.73. The highest BCUT2D eigenvalue weighted by Crippen LogP contribution is 2.40. The fourth-order valence-corrected chi connectivity index (χ4v) is 4.06. The van der Waals surface area contributed by atoms with E-state index in [0.29, 0.717) is 39.3 Å². The minimum absolute atomic E-state index is 0.0817. The van der Waals surface area contributed by atoms with Crippen LogP contribution in [0, 0.1) is 11.3 Å². The van der Waals surface area contributed by atoms with Crippen molar-refractivity contribution in [2.24, 2.45) is 5.73 Å². The molecule has 3 aromatic rings. The van der Waals surface area contributed by atoms with Crippen molar-refractivity contribution < 1.29 is 14.3 Å². The van der Waals surface area contributed by atoms with Gasteiger partial charge in [-0.25, -0.2) is 0 Å². The molecule has 1 heterocycles. The number of rotatable bonds is 5. The number of hydrogen-bond donors (Lipinski definition) is 1. The molecular weight excluding hydrogens is 449 g/mol. The van der Waals surface area contributed by atoms with Gasteiger partial charge in [-0.3, -0.25) is 9.59 Å². The van der Waals surface area contributed by atoms with Crippen LogP contribution >= 0.6 is 23.2 Å². The molecule has 160 valence electrons. The Morgan fingerprint density at radius 1 is 1.06 bits per heavy atom. The van der Waals surface area contributed by atoms with Crippen molar-refractivity contribution in [1.82, 2.24) is 0 Å². The monoisotopic (exact) mass is 465 g/mol. The van der Waals surface area contributed by atoms with Crippen molar-refractivity contribution in [3.63, 3.8) is 0 Å². The van der Waals surface area contributed by atoms with Gasteiger partial charge in [-0.1, -0.05) is 35.3 Å². The first kappa shape index (κ1) is 21.7. The van der Waals surface area contributed by atoms with E-state index in [-0.39, 0.29) is 23.8 Å². The fraction of sp³-hybridized carbons (Fsp3) is 0.125. The van der Waals surface area contributed by atoms with Gasteiger partial charge in [0.05, 0.1) is 5.56 Å². The van der Waals surface area contributed by atoms with Crippen LogP contribution in [0.3, 0.4) is 0 Å². The summed E-state index contributed by atoms with van der Waals surface area (Å²) < 4.78 is 6.05. The molecule has 0 radical (unpaired) electrons. The minimum Gasteiger partial charge on any atom is -0.456 e. The number of ether oxygens (including phenoxy) is 1. The fourth-order valence-electron chi connectivity index (χ4n) is 3.72. The standard InChI is InChI=1S/C24H17Cl2N3O3/c25-17-5-7-21(15(8-17)12-27)32-22-11-18(26)4-6-20(22)16-10-23(30)29(13-16)19-3-1-2-14(9-19)24(28)31/h1-9,11,16H,10,13H2,(H2,28,31). The largest absolute Gasteiger partial charge is 0.456 e. The third-order valence-electron chi connectivity index (χ3n) is 5.26. The summed E-state index contributed by atoms with van der Waals surface area (Å²) >= 11 is 12.2. The van der Waals surface area contributed by atoms with Gasteiger partial charge in [0, 0.05) is 45.7 Å². The summed E-state index contributed by atoms with van der Waals surface area (Å²) in [6.45, 7) is 0.394. The van der Waals surface area contributed by atoms with Crippen molar-refractivity contribution >= 4 is 40.7 Å². The molecule has 0 aliphatic carbocycles. The van der Waals surface area contributed by atoms with E-state index in [0.717, 1.165) is 5.56 Å². The molecule has 2 amide bonds. The summed E-state index contributed by atoms with van der Waals surface area (Å²) in [4.78, 5) is 25.9. The summed E-state index contributed by atoms with van der Waals surface area (Å²) in [5.74, 6) is -0.0103. The van der Waals surface area contributed by atoms with Crippen molar-refractivity contribution in [2.45, 2.75) is 12.3 Å². The Labute approximate surface area is 194 Å². The van der Waals surface area contributed by atoms with E-state index in [2.05, 4.69) is 6.07 Å². The predicted molar refractivity (Wildman–Crippen MR) is 122 cm³/mol. The van der Waals surface area contributed by atoms with Crippen molar-refractivity contribution in [3.05, 3.63) is 87.4 Å². The maximum absolute atomic E-state index is 12.8. The van der Waals surface area contributed by atoms with E-state index in [1.54, 1.807) is 53.4 Å². The maximum atomic E-state index is 12.8. The second kappa shape index (κ2) is 8.91. The SMILES string of the molecule is N#Cc1cc(Cl)ccc1Oc1cc(Cl)ccc1C1CC(=O)N(c2cccc(C(N)=O)c2)C1. The predicted octanol–water partition coefficient (Wildman–Crippen LogP) is 5.28. The quantitative estimate of drug-likeness (QED) is 0.554. The zero-order chi connectivity index (χ0) is 22.8. The molecule has 1 saturated heterocycles. The van der Waals surface area contributed by atoms with Crippen LogP contribution in [-0.2, 0) is 4.79 Å². The Kier molecular flexibility index (Phi) is 6.04. The summed E-state index contributed by atoms with van der Waals surface area (Å²) in [6.07, 6.45) is 0.254. The molecular formula is C24H17Cl2N3O3. The van der Waals surface area contributed by atoms with Gasteiger partial charge in [0.15, 0.2) is 0 Å². The average Bonchev–Trinajstić information content (AvgIpc) is 3.16. The number of nitrogens with zero attached hydrogens (tertiary/aromatic N) is 2. The topological polar surface area (TPSA) is 96.4 Å². The van der Waals surface area contributed by atoms with E-state index in [4.69, 9.17) is 33.7 Å². The van der Waals surface area contributed by atoms with Crippen molar-refractivity contribution in [2.75, 3.05) is 11.4 Å².